The Labute approximate surface area is 84.2 Å². The highest BCUT2D eigenvalue weighted by molar-refractivity contribution is 7.99. The van der Waals surface area contributed by atoms with Crippen molar-refractivity contribution in [1.29, 1.82) is 0 Å². The molecule has 1 saturated heterocycles. The molecule has 1 fully saturated rings. The summed E-state index contributed by atoms with van der Waals surface area (Å²) in [6.07, 6.45) is -0.0482. The number of hydrogen-bond acceptors (Lipinski definition) is 4. The molecule has 0 unspecified atom stereocenters. The van der Waals surface area contributed by atoms with E-state index in [1.165, 1.54) is 0 Å². The Hall–Kier alpha value is -0.620. The smallest absolute Gasteiger partial charge is 0.197 e. The van der Waals surface area contributed by atoms with Crippen molar-refractivity contribution < 1.29 is 16.8 Å². The molecule has 0 spiro atoms. The Balaban J connectivity index is 3.08. The average Bonchev–Trinajstić information content (AvgIpc) is 2.09. The van der Waals surface area contributed by atoms with Gasteiger partial charge in [-0.05, 0) is 12.8 Å². The van der Waals surface area contributed by atoms with E-state index in [0.717, 1.165) is 0 Å². The van der Waals surface area contributed by atoms with Gasteiger partial charge in [0.05, 0.1) is 11.5 Å². The zero-order valence-electron chi connectivity index (χ0n) is 7.69. The van der Waals surface area contributed by atoms with Crippen LogP contribution in [0.15, 0.2) is 23.0 Å². The lowest BCUT2D eigenvalue weighted by Crippen LogP contribution is -2.20. The summed E-state index contributed by atoms with van der Waals surface area (Å²) in [6, 6.07) is 0. The van der Waals surface area contributed by atoms with Crippen LogP contribution in [0.2, 0.25) is 0 Å². The number of sulfone groups is 2. The minimum absolute atomic E-state index is 0.0241. The monoisotopic (exact) mass is 236 g/mol. The molecule has 1 aliphatic heterocycles. The normalized spacial score (nSPS) is 26.6. The number of hydrogen-bond donors (Lipinski definition) is 0. The highest BCUT2D eigenvalue weighted by Gasteiger charge is 2.26. The standard InChI is InChI=1S/C8H12O4S2/c1-7-3-5-13(9,10)6-4-8(2)14(7,11)12/h1-6H2. The summed E-state index contributed by atoms with van der Waals surface area (Å²) in [5, 5.41) is 0. The minimum Gasteiger partial charge on any atom is -0.229 e. The van der Waals surface area contributed by atoms with Crippen LogP contribution in [0.5, 0.6) is 0 Å². The van der Waals surface area contributed by atoms with Crippen molar-refractivity contribution in [3.8, 4) is 0 Å². The van der Waals surface area contributed by atoms with E-state index in [4.69, 9.17) is 0 Å². The van der Waals surface area contributed by atoms with Crippen LogP contribution in [0.3, 0.4) is 0 Å². The molecule has 0 radical (unpaired) electrons. The molecule has 0 aromatic carbocycles. The molecule has 4 nitrogen and oxygen atoms in total. The Bertz CT molecular complexity index is 435. The molecule has 0 atom stereocenters. The largest absolute Gasteiger partial charge is 0.229 e. The summed E-state index contributed by atoms with van der Waals surface area (Å²) in [5.41, 5.74) is 0. The molecule has 0 aliphatic carbocycles. The first-order valence-electron chi connectivity index (χ1n) is 4.07. The summed E-state index contributed by atoms with van der Waals surface area (Å²) in [4.78, 5) is -0.100. The second-order valence-electron chi connectivity index (χ2n) is 3.23. The zero-order valence-corrected chi connectivity index (χ0v) is 9.33. The zero-order chi connectivity index (χ0) is 11.0. The number of allylic oxidation sites excluding steroid dienone is 2. The molecule has 0 aromatic rings. The lowest BCUT2D eigenvalue weighted by atomic mass is 10.5. The summed E-state index contributed by atoms with van der Waals surface area (Å²) in [5.74, 6) is -0.281. The van der Waals surface area contributed by atoms with Crippen molar-refractivity contribution in [2.24, 2.45) is 0 Å². The lowest BCUT2D eigenvalue weighted by molar-refractivity contribution is 0.591. The van der Waals surface area contributed by atoms with E-state index < -0.39 is 19.7 Å². The van der Waals surface area contributed by atoms with Gasteiger partial charge in [-0.2, -0.15) is 0 Å². The maximum atomic E-state index is 11.5. The number of rotatable bonds is 0. The Kier molecular flexibility index (Phi) is 2.87. The second kappa shape index (κ2) is 3.51. The molecular formula is C8H12O4S2. The SMILES string of the molecule is C=C1CCS(=O)(=O)CCC(=C)S1(=O)=O. The van der Waals surface area contributed by atoms with Gasteiger partial charge < -0.3 is 0 Å². The van der Waals surface area contributed by atoms with Gasteiger partial charge in [0, 0.05) is 9.81 Å². The highest BCUT2D eigenvalue weighted by Crippen LogP contribution is 2.24. The van der Waals surface area contributed by atoms with E-state index in [1.807, 2.05) is 0 Å². The Morgan fingerprint density at radius 3 is 1.57 bits per heavy atom. The first-order valence-corrected chi connectivity index (χ1v) is 7.37. The topological polar surface area (TPSA) is 68.3 Å². The molecule has 0 saturated carbocycles. The van der Waals surface area contributed by atoms with Crippen molar-refractivity contribution in [3.05, 3.63) is 23.0 Å². The molecule has 80 valence electrons. The molecule has 1 rings (SSSR count). The van der Waals surface area contributed by atoms with Gasteiger partial charge in [-0.15, -0.1) is 0 Å². The molecule has 1 aliphatic rings. The van der Waals surface area contributed by atoms with Crippen molar-refractivity contribution in [2.45, 2.75) is 12.8 Å². The maximum absolute atomic E-state index is 11.5. The van der Waals surface area contributed by atoms with Crippen LogP contribution in [0.1, 0.15) is 12.8 Å². The molecule has 6 heteroatoms. The van der Waals surface area contributed by atoms with Crippen molar-refractivity contribution in [2.75, 3.05) is 11.5 Å². The van der Waals surface area contributed by atoms with Crippen molar-refractivity contribution in [3.63, 3.8) is 0 Å². The Morgan fingerprint density at radius 2 is 1.21 bits per heavy atom. The van der Waals surface area contributed by atoms with E-state index in [9.17, 15) is 16.8 Å². The fourth-order valence-electron chi connectivity index (χ4n) is 1.11. The van der Waals surface area contributed by atoms with Crippen LogP contribution < -0.4 is 0 Å². The van der Waals surface area contributed by atoms with Crippen LogP contribution in [0.25, 0.3) is 0 Å². The molecule has 1 heterocycles. The van der Waals surface area contributed by atoms with Gasteiger partial charge in [0.2, 0.25) is 0 Å². The van der Waals surface area contributed by atoms with E-state index in [2.05, 4.69) is 13.2 Å². The fraction of sp³-hybridized carbons (Fsp3) is 0.500. The molecular weight excluding hydrogens is 224 g/mol. The third-order valence-electron chi connectivity index (χ3n) is 2.14. The Morgan fingerprint density at radius 1 is 0.857 bits per heavy atom. The average molecular weight is 236 g/mol. The lowest BCUT2D eigenvalue weighted by Gasteiger charge is -2.14. The van der Waals surface area contributed by atoms with Gasteiger partial charge in [-0.3, -0.25) is 0 Å². The van der Waals surface area contributed by atoms with E-state index in [-0.39, 0.29) is 34.2 Å². The quantitative estimate of drug-likeness (QED) is 0.619. The predicted molar refractivity (Wildman–Crippen MR) is 55.1 cm³/mol. The second-order valence-corrected chi connectivity index (χ2v) is 7.70. The van der Waals surface area contributed by atoms with Gasteiger partial charge in [0.15, 0.2) is 19.7 Å². The molecule has 0 N–H and O–H groups in total. The summed E-state index contributed by atoms with van der Waals surface area (Å²) in [6.45, 7) is 6.74. The van der Waals surface area contributed by atoms with Crippen LogP contribution in [-0.2, 0) is 19.7 Å². The maximum Gasteiger partial charge on any atom is 0.197 e. The molecule has 0 amide bonds. The van der Waals surface area contributed by atoms with Crippen LogP contribution in [-0.4, -0.2) is 28.3 Å². The van der Waals surface area contributed by atoms with Gasteiger partial charge >= 0.3 is 0 Å². The van der Waals surface area contributed by atoms with Crippen LogP contribution in [0.4, 0.5) is 0 Å². The van der Waals surface area contributed by atoms with Gasteiger partial charge in [0.25, 0.3) is 0 Å². The van der Waals surface area contributed by atoms with Gasteiger partial charge in [-0.1, -0.05) is 13.2 Å². The minimum atomic E-state index is -3.50. The van der Waals surface area contributed by atoms with Crippen LogP contribution in [0, 0.1) is 0 Å². The third kappa shape index (κ3) is 2.24. The van der Waals surface area contributed by atoms with Crippen LogP contribution >= 0.6 is 0 Å². The summed E-state index contributed by atoms with van der Waals surface area (Å²) in [7, 11) is -6.65. The van der Waals surface area contributed by atoms with Crippen molar-refractivity contribution in [1.82, 2.24) is 0 Å². The first kappa shape index (κ1) is 11.5. The summed E-state index contributed by atoms with van der Waals surface area (Å²) >= 11 is 0. The molecule has 0 bridgehead atoms. The van der Waals surface area contributed by atoms with Gasteiger partial charge in [-0.25, -0.2) is 16.8 Å². The molecule has 0 aromatic heterocycles. The van der Waals surface area contributed by atoms with E-state index in [0.29, 0.717) is 0 Å². The highest BCUT2D eigenvalue weighted by atomic mass is 32.2. The van der Waals surface area contributed by atoms with E-state index >= 15 is 0 Å². The first-order chi connectivity index (χ1) is 6.26. The van der Waals surface area contributed by atoms with Gasteiger partial charge in [0.1, 0.15) is 0 Å². The summed E-state index contributed by atoms with van der Waals surface area (Å²) < 4.78 is 45.5. The third-order valence-corrected chi connectivity index (χ3v) is 5.72. The fourth-order valence-corrected chi connectivity index (χ4v) is 3.84. The molecule has 14 heavy (non-hydrogen) atoms. The van der Waals surface area contributed by atoms with Crippen molar-refractivity contribution >= 4 is 19.7 Å². The van der Waals surface area contributed by atoms with E-state index in [1.54, 1.807) is 0 Å². The predicted octanol–water partition coefficient (Wildman–Crippen LogP) is 0.637.